The van der Waals surface area contributed by atoms with Crippen molar-refractivity contribution in [3.63, 3.8) is 0 Å². The van der Waals surface area contributed by atoms with Crippen LogP contribution in [0, 0.1) is 39.4 Å². The molecule has 2 amide bonds. The van der Waals surface area contributed by atoms with E-state index in [1.54, 1.807) is 36.2 Å². The molecule has 6 rings (SSSR count). The Morgan fingerprint density at radius 1 is 1.04 bits per heavy atom. The number of anilines is 1. The average molecular weight is 696 g/mol. The fourth-order valence-corrected chi connectivity index (χ4v) is 11.4. The molecule has 0 aromatic heterocycles. The Balaban J connectivity index is 1.25. The van der Waals surface area contributed by atoms with Gasteiger partial charge in [-0.25, -0.2) is 13.1 Å². The van der Waals surface area contributed by atoms with Crippen molar-refractivity contribution >= 4 is 39.3 Å². The Morgan fingerprint density at radius 3 is 2.27 bits per heavy atom. The Hall–Kier alpha value is -3.21. The minimum atomic E-state index is -4.25. The van der Waals surface area contributed by atoms with Gasteiger partial charge in [0.2, 0.25) is 11.8 Å². The maximum absolute atomic E-state index is 14.5. The van der Waals surface area contributed by atoms with Crippen LogP contribution in [0.1, 0.15) is 98.3 Å². The van der Waals surface area contributed by atoms with Gasteiger partial charge in [0.25, 0.3) is 10.0 Å². The Kier molecular flexibility index (Phi) is 9.11. The molecule has 11 heteroatoms. The van der Waals surface area contributed by atoms with Crippen molar-refractivity contribution in [2.45, 2.75) is 115 Å². The first-order chi connectivity index (χ1) is 23.1. The first kappa shape index (κ1) is 35.6. The molecule has 0 unspecified atom stereocenters. The van der Waals surface area contributed by atoms with E-state index >= 15 is 0 Å². The maximum atomic E-state index is 14.5. The minimum Gasteiger partial charge on any atom is -0.462 e. The van der Waals surface area contributed by atoms with Crippen molar-refractivity contribution < 1.29 is 32.3 Å². The number of sulfonamides is 1. The molecule has 2 N–H and O–H groups in total. The molecule has 49 heavy (non-hydrogen) atoms. The normalized spacial score (nSPS) is 30.1. The zero-order valence-corrected chi connectivity index (χ0v) is 30.5. The second-order valence-corrected chi connectivity index (χ2v) is 18.0. The van der Waals surface area contributed by atoms with Crippen molar-refractivity contribution in [2.24, 2.45) is 39.4 Å². The summed E-state index contributed by atoms with van der Waals surface area (Å²) in [5.74, 6) is -2.75. The molecular weight excluding hydrogens is 642 g/mol. The SMILES string of the molecule is C=C[C@@H]1C[C@]1(CC(=O)[C@@H]1C[C@@]2(CN1C(=O)[C@@H](CC(=O)OC1CCCC1)C(C)C)C(C)(C)C21CCC1)C(=O)NS(=O)(=O)c1ccccc1NC. The van der Waals surface area contributed by atoms with Crippen LogP contribution in [0.15, 0.2) is 41.8 Å². The summed E-state index contributed by atoms with van der Waals surface area (Å²) in [6.45, 7) is 12.7. The molecule has 1 aromatic carbocycles. The molecule has 0 radical (unpaired) electrons. The van der Waals surface area contributed by atoms with Crippen molar-refractivity contribution in [3.8, 4) is 0 Å². The number of hydrogen-bond donors (Lipinski definition) is 2. The Bertz CT molecular complexity index is 1640. The van der Waals surface area contributed by atoms with Gasteiger partial charge in [-0.15, -0.1) is 6.58 Å². The molecule has 0 bridgehead atoms. The fraction of sp³-hybridized carbons (Fsp3) is 0.684. The molecule has 1 heterocycles. The number of rotatable bonds is 13. The highest BCUT2D eigenvalue weighted by atomic mass is 32.2. The number of hydrogen-bond acceptors (Lipinski definition) is 8. The van der Waals surface area contributed by atoms with E-state index in [9.17, 15) is 27.6 Å². The summed E-state index contributed by atoms with van der Waals surface area (Å²) >= 11 is 0. The van der Waals surface area contributed by atoms with Crippen LogP contribution in [0.25, 0.3) is 0 Å². The average Bonchev–Trinajstić information content (AvgIpc) is 3.52. The number of Topliss-reactive ketones (excluding diaryl/α,β-unsaturated/α-hetero) is 1. The number of ether oxygens (including phenoxy) is 1. The topological polar surface area (TPSA) is 139 Å². The zero-order chi connectivity index (χ0) is 35.6. The van der Waals surface area contributed by atoms with E-state index in [0.29, 0.717) is 25.1 Å². The molecule has 268 valence electrons. The molecule has 5 fully saturated rings. The number of allylic oxidation sites excluding steroid dienone is 1. The molecule has 1 saturated heterocycles. The predicted molar refractivity (Wildman–Crippen MR) is 186 cm³/mol. The van der Waals surface area contributed by atoms with Gasteiger partial charge in [-0.05, 0) is 86.2 Å². The lowest BCUT2D eigenvalue weighted by Crippen LogP contribution is -2.47. The van der Waals surface area contributed by atoms with Gasteiger partial charge < -0.3 is 15.0 Å². The number of para-hydroxylation sites is 1. The summed E-state index contributed by atoms with van der Waals surface area (Å²) in [6, 6.07) is 5.53. The number of esters is 1. The zero-order valence-electron chi connectivity index (χ0n) is 29.7. The maximum Gasteiger partial charge on any atom is 0.306 e. The summed E-state index contributed by atoms with van der Waals surface area (Å²) in [5, 5.41) is 2.85. The second kappa shape index (κ2) is 12.5. The molecule has 5 aliphatic rings. The number of carbonyl (C=O) groups excluding carboxylic acids is 4. The molecule has 1 aliphatic heterocycles. The minimum absolute atomic E-state index is 0.0389. The smallest absolute Gasteiger partial charge is 0.306 e. The number of carbonyl (C=O) groups is 4. The predicted octanol–water partition coefficient (Wildman–Crippen LogP) is 5.63. The third-order valence-corrected chi connectivity index (χ3v) is 15.0. The fourth-order valence-electron chi connectivity index (χ4n) is 10.2. The highest BCUT2D eigenvalue weighted by Gasteiger charge is 2.85. The van der Waals surface area contributed by atoms with E-state index in [1.165, 1.54) is 6.07 Å². The van der Waals surface area contributed by atoms with Gasteiger partial charge in [0.1, 0.15) is 11.0 Å². The second-order valence-electron chi connectivity index (χ2n) is 16.3. The molecule has 5 atom stereocenters. The summed E-state index contributed by atoms with van der Waals surface area (Å²) < 4.78 is 34.8. The summed E-state index contributed by atoms with van der Waals surface area (Å²) in [5.41, 5.74) is -1.15. The lowest BCUT2D eigenvalue weighted by Gasteiger charge is -2.32. The van der Waals surface area contributed by atoms with Crippen LogP contribution in [-0.2, 0) is 33.9 Å². The quantitative estimate of drug-likeness (QED) is 0.200. The molecule has 4 aliphatic carbocycles. The Morgan fingerprint density at radius 2 is 1.71 bits per heavy atom. The Labute approximate surface area is 291 Å². The third kappa shape index (κ3) is 5.62. The number of ketones is 1. The van der Waals surface area contributed by atoms with Crippen LogP contribution in [0.4, 0.5) is 5.69 Å². The monoisotopic (exact) mass is 695 g/mol. The summed E-state index contributed by atoms with van der Waals surface area (Å²) in [7, 11) is -2.65. The lowest BCUT2D eigenvalue weighted by molar-refractivity contribution is -0.155. The summed E-state index contributed by atoms with van der Waals surface area (Å²) in [6.07, 6.45) is 9.06. The van der Waals surface area contributed by atoms with Gasteiger partial charge in [0.05, 0.1) is 29.5 Å². The van der Waals surface area contributed by atoms with E-state index in [2.05, 4.69) is 30.5 Å². The van der Waals surface area contributed by atoms with Crippen LogP contribution in [0.3, 0.4) is 0 Å². The van der Waals surface area contributed by atoms with E-state index < -0.39 is 33.3 Å². The van der Waals surface area contributed by atoms with Gasteiger partial charge >= 0.3 is 5.97 Å². The van der Waals surface area contributed by atoms with Crippen molar-refractivity contribution in [1.29, 1.82) is 0 Å². The first-order valence-corrected chi connectivity index (χ1v) is 19.6. The number of nitrogens with one attached hydrogen (secondary N) is 2. The third-order valence-electron chi connectivity index (χ3n) is 13.6. The van der Waals surface area contributed by atoms with E-state index in [-0.39, 0.29) is 69.6 Å². The van der Waals surface area contributed by atoms with Gasteiger partial charge in [0.15, 0.2) is 5.78 Å². The number of amides is 2. The molecular formula is C38H53N3O7S. The lowest BCUT2D eigenvalue weighted by atomic mass is 9.73. The van der Waals surface area contributed by atoms with Crippen LogP contribution in [0.2, 0.25) is 0 Å². The van der Waals surface area contributed by atoms with Crippen molar-refractivity contribution in [2.75, 3.05) is 18.9 Å². The largest absolute Gasteiger partial charge is 0.462 e. The van der Waals surface area contributed by atoms with Gasteiger partial charge in [-0.2, -0.15) is 0 Å². The van der Waals surface area contributed by atoms with E-state index in [1.807, 2.05) is 13.8 Å². The van der Waals surface area contributed by atoms with E-state index in [4.69, 9.17) is 4.74 Å². The molecule has 2 spiro atoms. The molecule has 4 saturated carbocycles. The van der Waals surface area contributed by atoms with Crippen LogP contribution in [-0.4, -0.2) is 62.6 Å². The van der Waals surface area contributed by atoms with Crippen molar-refractivity contribution in [3.05, 3.63) is 36.9 Å². The van der Waals surface area contributed by atoms with Gasteiger partial charge in [-0.1, -0.05) is 52.3 Å². The first-order valence-electron chi connectivity index (χ1n) is 18.1. The van der Waals surface area contributed by atoms with Crippen molar-refractivity contribution in [1.82, 2.24) is 9.62 Å². The van der Waals surface area contributed by atoms with Crippen LogP contribution in [0.5, 0.6) is 0 Å². The number of fused-ring (bicyclic) bond motifs is 1. The number of benzene rings is 1. The van der Waals surface area contributed by atoms with Crippen LogP contribution < -0.4 is 10.0 Å². The van der Waals surface area contributed by atoms with Gasteiger partial charge in [0, 0.05) is 25.4 Å². The van der Waals surface area contributed by atoms with Gasteiger partial charge in [-0.3, -0.25) is 19.2 Å². The number of nitrogens with zero attached hydrogens (tertiary/aromatic N) is 1. The van der Waals surface area contributed by atoms with E-state index in [0.717, 1.165) is 44.9 Å². The highest BCUT2D eigenvalue weighted by Crippen LogP contribution is 2.88. The highest BCUT2D eigenvalue weighted by molar-refractivity contribution is 7.90. The summed E-state index contributed by atoms with van der Waals surface area (Å²) in [4.78, 5) is 57.7. The van der Waals surface area contributed by atoms with Crippen LogP contribution >= 0.6 is 0 Å². The standard InChI is InChI=1S/C38H53N3O7S/c1-7-25-20-36(25,34(45)40-49(46,47)31-16-11-10-15-28(31)39-6)22-30(42)29-21-38(35(4,5)37(38)17-12-18-37)23-41(29)33(44)27(24(2)3)19-32(43)48-26-13-8-9-14-26/h7,10-11,15-16,24-27,29,39H,1,8-9,12-14,17-23H2,2-6H3,(H,40,45)/t25-,27+,29+,36-,38-/m1/s1. The molecule has 1 aromatic rings. The number of likely N-dealkylation sites (tertiary alicyclic amines) is 1. The molecule has 10 nitrogen and oxygen atoms in total.